The van der Waals surface area contributed by atoms with Gasteiger partial charge in [-0.15, -0.1) is 0 Å². The lowest BCUT2D eigenvalue weighted by Gasteiger charge is -2.21. The summed E-state index contributed by atoms with van der Waals surface area (Å²) in [4.78, 5) is 0. The van der Waals surface area contributed by atoms with Gasteiger partial charge in [-0.05, 0) is 57.6 Å². The fourth-order valence-electron chi connectivity index (χ4n) is 2.11. The highest BCUT2D eigenvalue weighted by molar-refractivity contribution is 5.61. The monoisotopic (exact) mass is 273 g/mol. The van der Waals surface area contributed by atoms with Crippen molar-refractivity contribution in [1.82, 2.24) is 9.78 Å². The van der Waals surface area contributed by atoms with Gasteiger partial charge < -0.3 is 10.5 Å². The molecule has 0 atom stereocenters. The third-order valence-corrected chi connectivity index (χ3v) is 2.91. The molecule has 0 aliphatic carbocycles. The lowest BCUT2D eigenvalue weighted by atomic mass is 10.1. The second-order valence-corrected chi connectivity index (χ2v) is 5.92. The van der Waals surface area contributed by atoms with E-state index in [2.05, 4.69) is 23.3 Å². The van der Waals surface area contributed by atoms with Crippen LogP contribution in [0.3, 0.4) is 0 Å². The minimum atomic E-state index is -0.178. The predicted molar refractivity (Wildman–Crippen MR) is 81.8 cm³/mol. The Morgan fingerprint density at radius 2 is 1.85 bits per heavy atom. The fourth-order valence-corrected chi connectivity index (χ4v) is 2.11. The maximum Gasteiger partial charge on any atom is 0.120 e. The Bertz CT molecular complexity index is 564. The van der Waals surface area contributed by atoms with Crippen molar-refractivity contribution in [1.29, 1.82) is 0 Å². The van der Waals surface area contributed by atoms with Gasteiger partial charge in [0, 0.05) is 19.0 Å². The summed E-state index contributed by atoms with van der Waals surface area (Å²) in [6.45, 7) is 6.75. The van der Waals surface area contributed by atoms with Crippen molar-refractivity contribution >= 4 is 0 Å². The van der Waals surface area contributed by atoms with Crippen LogP contribution in [-0.2, 0) is 13.5 Å². The van der Waals surface area contributed by atoms with Gasteiger partial charge >= 0.3 is 0 Å². The van der Waals surface area contributed by atoms with Crippen molar-refractivity contribution in [2.45, 2.75) is 32.8 Å². The quantitative estimate of drug-likeness (QED) is 0.932. The Kier molecular flexibility index (Phi) is 4.14. The molecule has 0 radical (unpaired) electrons. The fraction of sp³-hybridized carbons (Fsp3) is 0.438. The average molecular weight is 273 g/mol. The van der Waals surface area contributed by atoms with Crippen molar-refractivity contribution in [3.05, 3.63) is 36.0 Å². The third-order valence-electron chi connectivity index (χ3n) is 2.91. The molecule has 0 aliphatic rings. The van der Waals surface area contributed by atoms with Crippen molar-refractivity contribution in [2.75, 3.05) is 6.54 Å². The molecule has 1 aromatic carbocycles. The molecule has 2 rings (SSSR count). The van der Waals surface area contributed by atoms with Gasteiger partial charge in [0.2, 0.25) is 0 Å². The summed E-state index contributed by atoms with van der Waals surface area (Å²) in [5, 5.41) is 4.46. The zero-order valence-electron chi connectivity index (χ0n) is 12.7. The molecule has 0 aliphatic heterocycles. The molecule has 0 amide bonds. The zero-order chi connectivity index (χ0) is 14.8. The molecule has 0 bridgehead atoms. The van der Waals surface area contributed by atoms with E-state index in [1.807, 2.05) is 44.6 Å². The molecule has 0 spiro atoms. The van der Waals surface area contributed by atoms with Gasteiger partial charge in [0.1, 0.15) is 11.4 Å². The van der Waals surface area contributed by atoms with E-state index < -0.39 is 0 Å². The van der Waals surface area contributed by atoms with Gasteiger partial charge in [-0.2, -0.15) is 5.10 Å². The van der Waals surface area contributed by atoms with Crippen LogP contribution >= 0.6 is 0 Å². The van der Waals surface area contributed by atoms with Crippen LogP contribution in [0.5, 0.6) is 5.75 Å². The Morgan fingerprint density at radius 3 is 2.40 bits per heavy atom. The Labute approximate surface area is 120 Å². The normalized spacial score (nSPS) is 11.7. The van der Waals surface area contributed by atoms with E-state index in [-0.39, 0.29) is 5.60 Å². The summed E-state index contributed by atoms with van der Waals surface area (Å²) in [5.41, 5.74) is 8.64. The molecule has 1 heterocycles. The number of nitrogens with two attached hydrogens (primary N) is 1. The van der Waals surface area contributed by atoms with Gasteiger partial charge in [-0.25, -0.2) is 0 Å². The van der Waals surface area contributed by atoms with Gasteiger partial charge in [-0.3, -0.25) is 4.68 Å². The van der Waals surface area contributed by atoms with Crippen LogP contribution in [-0.4, -0.2) is 21.9 Å². The Hall–Kier alpha value is -1.81. The van der Waals surface area contributed by atoms with Crippen molar-refractivity contribution < 1.29 is 4.74 Å². The van der Waals surface area contributed by atoms with Gasteiger partial charge in [-0.1, -0.05) is 0 Å². The first-order chi connectivity index (χ1) is 9.39. The highest BCUT2D eigenvalue weighted by Crippen LogP contribution is 2.24. The van der Waals surface area contributed by atoms with Crippen LogP contribution in [0.25, 0.3) is 11.3 Å². The molecule has 1 aromatic heterocycles. The molecule has 0 unspecified atom stereocenters. The molecule has 2 N–H and O–H groups in total. The topological polar surface area (TPSA) is 53.1 Å². The van der Waals surface area contributed by atoms with Gasteiger partial charge in [0.15, 0.2) is 0 Å². The van der Waals surface area contributed by atoms with E-state index >= 15 is 0 Å². The Morgan fingerprint density at radius 1 is 1.20 bits per heavy atom. The number of benzene rings is 1. The van der Waals surface area contributed by atoms with Crippen LogP contribution in [0.1, 0.15) is 26.5 Å². The molecular weight excluding hydrogens is 250 g/mol. The number of rotatable bonds is 4. The van der Waals surface area contributed by atoms with E-state index in [0.29, 0.717) is 6.54 Å². The van der Waals surface area contributed by atoms with E-state index in [1.54, 1.807) is 0 Å². The van der Waals surface area contributed by atoms with Gasteiger partial charge in [0.25, 0.3) is 0 Å². The molecule has 20 heavy (non-hydrogen) atoms. The first-order valence-electron chi connectivity index (χ1n) is 6.91. The largest absolute Gasteiger partial charge is 0.488 e. The number of aryl methyl sites for hydroxylation is 1. The first kappa shape index (κ1) is 14.6. The number of nitrogens with zero attached hydrogens (tertiary/aromatic N) is 2. The van der Waals surface area contributed by atoms with Crippen molar-refractivity contribution in [3.8, 4) is 17.0 Å². The predicted octanol–water partition coefficient (Wildman–Crippen LogP) is 2.77. The summed E-state index contributed by atoms with van der Waals surface area (Å²) in [6, 6.07) is 10.2. The molecule has 4 heteroatoms. The molecule has 0 fully saturated rings. The third kappa shape index (κ3) is 3.61. The summed E-state index contributed by atoms with van der Waals surface area (Å²) >= 11 is 0. The maximum atomic E-state index is 5.83. The van der Waals surface area contributed by atoms with Crippen LogP contribution in [0, 0.1) is 0 Å². The van der Waals surface area contributed by atoms with E-state index in [9.17, 15) is 0 Å². The number of hydrogen-bond acceptors (Lipinski definition) is 3. The summed E-state index contributed by atoms with van der Waals surface area (Å²) in [7, 11) is 1.95. The second-order valence-electron chi connectivity index (χ2n) is 5.92. The van der Waals surface area contributed by atoms with Crippen molar-refractivity contribution in [3.63, 3.8) is 0 Å². The minimum Gasteiger partial charge on any atom is -0.488 e. The summed E-state index contributed by atoms with van der Waals surface area (Å²) in [5.74, 6) is 0.880. The average Bonchev–Trinajstić information content (AvgIpc) is 2.70. The SMILES string of the molecule is Cn1nc(CCN)cc1-c1ccc(OC(C)(C)C)cc1. The number of aromatic nitrogens is 2. The number of ether oxygens (including phenoxy) is 1. The molecule has 4 nitrogen and oxygen atoms in total. The smallest absolute Gasteiger partial charge is 0.120 e. The highest BCUT2D eigenvalue weighted by Gasteiger charge is 2.12. The molecule has 108 valence electrons. The lowest BCUT2D eigenvalue weighted by Crippen LogP contribution is -2.22. The second kappa shape index (κ2) is 5.67. The van der Waals surface area contributed by atoms with E-state index in [0.717, 1.165) is 29.1 Å². The van der Waals surface area contributed by atoms with Crippen LogP contribution < -0.4 is 10.5 Å². The minimum absolute atomic E-state index is 0.178. The standard InChI is InChI=1S/C16H23N3O/c1-16(2,3)20-14-7-5-12(6-8-14)15-11-13(9-10-17)18-19(15)4/h5-8,11H,9-10,17H2,1-4H3. The maximum absolute atomic E-state index is 5.83. The van der Waals surface area contributed by atoms with Crippen LogP contribution in [0.2, 0.25) is 0 Å². The lowest BCUT2D eigenvalue weighted by molar-refractivity contribution is 0.131. The summed E-state index contributed by atoms with van der Waals surface area (Å²) in [6.07, 6.45) is 0.805. The van der Waals surface area contributed by atoms with Crippen LogP contribution in [0.4, 0.5) is 0 Å². The number of hydrogen-bond donors (Lipinski definition) is 1. The van der Waals surface area contributed by atoms with Crippen molar-refractivity contribution in [2.24, 2.45) is 12.8 Å². The molecule has 2 aromatic rings. The molecule has 0 saturated carbocycles. The summed E-state index contributed by atoms with van der Waals surface area (Å²) < 4.78 is 7.72. The molecule has 0 saturated heterocycles. The van der Waals surface area contributed by atoms with Crippen LogP contribution in [0.15, 0.2) is 30.3 Å². The van der Waals surface area contributed by atoms with Gasteiger partial charge in [0.05, 0.1) is 11.4 Å². The molecular formula is C16H23N3O. The highest BCUT2D eigenvalue weighted by atomic mass is 16.5. The van der Waals surface area contributed by atoms with E-state index in [4.69, 9.17) is 10.5 Å². The van der Waals surface area contributed by atoms with E-state index in [1.165, 1.54) is 0 Å². The first-order valence-corrected chi connectivity index (χ1v) is 6.91. The Balaban J connectivity index is 2.21. The zero-order valence-corrected chi connectivity index (χ0v) is 12.7.